The lowest BCUT2D eigenvalue weighted by molar-refractivity contribution is 0.322. The Balaban J connectivity index is 1.69. The van der Waals surface area contributed by atoms with Gasteiger partial charge in [0.1, 0.15) is 18.1 Å². The fraction of sp³-hybridized carbons (Fsp3) is 0.316. The Morgan fingerprint density at radius 2 is 1.62 bits per heavy atom. The molecule has 2 rings (SSSR count). The van der Waals surface area contributed by atoms with Crippen molar-refractivity contribution in [3.8, 4) is 11.5 Å². The molecule has 128 valence electrons. The number of rotatable bonds is 7. The third-order valence-electron chi connectivity index (χ3n) is 3.55. The lowest BCUT2D eigenvalue weighted by Gasteiger charge is -2.12. The van der Waals surface area contributed by atoms with E-state index in [0.29, 0.717) is 24.2 Å². The summed E-state index contributed by atoms with van der Waals surface area (Å²) >= 11 is 5.29. The molecule has 4 nitrogen and oxygen atoms in total. The van der Waals surface area contributed by atoms with Gasteiger partial charge in [0.15, 0.2) is 5.11 Å². The van der Waals surface area contributed by atoms with E-state index in [0.717, 1.165) is 17.2 Å². The van der Waals surface area contributed by atoms with Crippen molar-refractivity contribution in [2.45, 2.75) is 19.8 Å². The molecule has 5 heteroatoms. The van der Waals surface area contributed by atoms with Crippen LogP contribution in [0.5, 0.6) is 11.5 Å². The number of thiocarbonyl (C=S) groups is 1. The molecule has 0 aliphatic rings. The van der Waals surface area contributed by atoms with Crippen LogP contribution >= 0.6 is 12.2 Å². The molecule has 0 aromatic heterocycles. The van der Waals surface area contributed by atoms with Crippen molar-refractivity contribution < 1.29 is 9.47 Å². The van der Waals surface area contributed by atoms with Crippen molar-refractivity contribution in [1.29, 1.82) is 0 Å². The molecule has 0 bridgehead atoms. The van der Waals surface area contributed by atoms with Crippen molar-refractivity contribution in [3.05, 3.63) is 54.1 Å². The number of nitrogens with one attached hydrogen (secondary N) is 2. The zero-order valence-electron chi connectivity index (χ0n) is 14.3. The van der Waals surface area contributed by atoms with E-state index in [1.165, 1.54) is 5.56 Å². The van der Waals surface area contributed by atoms with Gasteiger partial charge in [0.2, 0.25) is 0 Å². The molecule has 2 aromatic rings. The van der Waals surface area contributed by atoms with Crippen LogP contribution in [0.2, 0.25) is 0 Å². The summed E-state index contributed by atoms with van der Waals surface area (Å²) < 4.78 is 10.8. The number of ether oxygens (including phenoxy) is 2. The van der Waals surface area contributed by atoms with Gasteiger partial charge in [0.05, 0.1) is 13.7 Å². The molecule has 0 amide bonds. The predicted molar refractivity (Wildman–Crippen MR) is 103 cm³/mol. The molecule has 0 saturated heterocycles. The van der Waals surface area contributed by atoms with E-state index in [-0.39, 0.29) is 0 Å². The molecular formula is C19H24N2O2S. The first-order valence-corrected chi connectivity index (χ1v) is 8.41. The predicted octanol–water partition coefficient (Wildman–Crippen LogP) is 4.18. The number of hydrogen-bond donors (Lipinski definition) is 2. The maximum Gasteiger partial charge on any atom is 0.170 e. The highest BCUT2D eigenvalue weighted by Crippen LogP contribution is 2.17. The molecule has 0 saturated carbocycles. The minimum absolute atomic E-state index is 0.527. The molecule has 0 atom stereocenters. The molecule has 24 heavy (non-hydrogen) atoms. The van der Waals surface area contributed by atoms with Gasteiger partial charge in [-0.15, -0.1) is 0 Å². The van der Waals surface area contributed by atoms with Crippen molar-refractivity contribution >= 4 is 23.0 Å². The van der Waals surface area contributed by atoms with Crippen LogP contribution < -0.4 is 20.1 Å². The summed E-state index contributed by atoms with van der Waals surface area (Å²) in [7, 11) is 1.64. The Morgan fingerprint density at radius 3 is 2.21 bits per heavy atom. The highest BCUT2D eigenvalue weighted by atomic mass is 32.1. The van der Waals surface area contributed by atoms with Gasteiger partial charge in [0, 0.05) is 5.69 Å². The first-order chi connectivity index (χ1) is 11.6. The summed E-state index contributed by atoms with van der Waals surface area (Å²) in [6.45, 7) is 5.51. The van der Waals surface area contributed by atoms with Crippen molar-refractivity contribution in [3.63, 3.8) is 0 Å². The second-order valence-corrected chi connectivity index (χ2v) is 6.09. The Hall–Kier alpha value is -2.27. The highest BCUT2D eigenvalue weighted by molar-refractivity contribution is 7.80. The van der Waals surface area contributed by atoms with Gasteiger partial charge in [-0.25, -0.2) is 0 Å². The number of anilines is 1. The van der Waals surface area contributed by atoms with Crippen LogP contribution in [0, 0.1) is 0 Å². The first-order valence-electron chi connectivity index (χ1n) is 8.00. The summed E-state index contributed by atoms with van der Waals surface area (Å²) in [6.07, 6.45) is 0. The van der Waals surface area contributed by atoms with Crippen LogP contribution in [-0.2, 0) is 0 Å². The largest absolute Gasteiger partial charge is 0.497 e. The summed E-state index contributed by atoms with van der Waals surface area (Å²) in [4.78, 5) is 0. The van der Waals surface area contributed by atoms with Gasteiger partial charge in [-0.1, -0.05) is 26.0 Å². The molecule has 2 aromatic carbocycles. The summed E-state index contributed by atoms with van der Waals surface area (Å²) in [5.74, 6) is 2.15. The monoisotopic (exact) mass is 344 g/mol. The Bertz CT molecular complexity index is 639. The molecule has 0 radical (unpaired) electrons. The van der Waals surface area contributed by atoms with Crippen LogP contribution in [-0.4, -0.2) is 25.4 Å². The highest BCUT2D eigenvalue weighted by Gasteiger charge is 2.01. The molecule has 0 spiro atoms. The summed E-state index contributed by atoms with van der Waals surface area (Å²) in [5, 5.41) is 6.89. The third kappa shape index (κ3) is 5.74. The van der Waals surface area contributed by atoms with Crippen molar-refractivity contribution in [2.75, 3.05) is 25.6 Å². The van der Waals surface area contributed by atoms with Crippen LogP contribution in [0.3, 0.4) is 0 Å². The standard InChI is InChI=1S/C19H24N2O2S/c1-14(2)15-4-6-16(7-5-15)21-19(24)20-12-13-23-18-10-8-17(22-3)9-11-18/h4-11,14H,12-13H2,1-3H3,(H2,20,21,24). The average molecular weight is 344 g/mol. The zero-order valence-corrected chi connectivity index (χ0v) is 15.2. The van der Waals surface area contributed by atoms with Gasteiger partial charge in [0.25, 0.3) is 0 Å². The van der Waals surface area contributed by atoms with Gasteiger partial charge in [-0.2, -0.15) is 0 Å². The normalized spacial score (nSPS) is 10.3. The minimum atomic E-state index is 0.527. The van der Waals surface area contributed by atoms with Crippen molar-refractivity contribution in [2.24, 2.45) is 0 Å². The van der Waals surface area contributed by atoms with Gasteiger partial charge >= 0.3 is 0 Å². The van der Waals surface area contributed by atoms with E-state index in [1.54, 1.807) is 7.11 Å². The Morgan fingerprint density at radius 1 is 1.00 bits per heavy atom. The number of hydrogen-bond acceptors (Lipinski definition) is 3. The quantitative estimate of drug-likeness (QED) is 0.582. The van der Waals surface area contributed by atoms with Gasteiger partial charge < -0.3 is 20.1 Å². The summed E-state index contributed by atoms with van der Waals surface area (Å²) in [5.41, 5.74) is 2.29. The Labute approximate surface area is 149 Å². The van der Waals surface area contributed by atoms with E-state index >= 15 is 0 Å². The second-order valence-electron chi connectivity index (χ2n) is 5.68. The molecule has 0 heterocycles. The van der Waals surface area contributed by atoms with E-state index in [1.807, 2.05) is 36.4 Å². The SMILES string of the molecule is COc1ccc(OCCNC(=S)Nc2ccc(C(C)C)cc2)cc1. The molecule has 0 unspecified atom stereocenters. The summed E-state index contributed by atoms with van der Waals surface area (Å²) in [6, 6.07) is 15.8. The van der Waals surface area contributed by atoms with Crippen LogP contribution in [0.1, 0.15) is 25.3 Å². The zero-order chi connectivity index (χ0) is 17.4. The number of methoxy groups -OCH3 is 1. The molecule has 2 N–H and O–H groups in total. The molecule has 0 aliphatic carbocycles. The van der Waals surface area contributed by atoms with Gasteiger partial charge in [-0.05, 0) is 60.1 Å². The fourth-order valence-corrected chi connectivity index (χ4v) is 2.35. The number of benzene rings is 2. The van der Waals surface area contributed by atoms with E-state index < -0.39 is 0 Å². The smallest absolute Gasteiger partial charge is 0.170 e. The second kappa shape index (κ2) is 9.13. The van der Waals surface area contributed by atoms with Crippen LogP contribution in [0.25, 0.3) is 0 Å². The molecular weight excluding hydrogens is 320 g/mol. The lowest BCUT2D eigenvalue weighted by atomic mass is 10.0. The van der Waals surface area contributed by atoms with E-state index in [2.05, 4.69) is 36.6 Å². The average Bonchev–Trinajstić information content (AvgIpc) is 2.59. The van der Waals surface area contributed by atoms with Crippen molar-refractivity contribution in [1.82, 2.24) is 5.32 Å². The third-order valence-corrected chi connectivity index (χ3v) is 3.80. The van der Waals surface area contributed by atoms with Crippen LogP contribution in [0.15, 0.2) is 48.5 Å². The topological polar surface area (TPSA) is 42.5 Å². The van der Waals surface area contributed by atoms with E-state index in [4.69, 9.17) is 21.7 Å². The lowest BCUT2D eigenvalue weighted by Crippen LogP contribution is -2.31. The molecule has 0 aliphatic heterocycles. The van der Waals surface area contributed by atoms with Gasteiger partial charge in [-0.3, -0.25) is 0 Å². The first kappa shape index (κ1) is 18.1. The van der Waals surface area contributed by atoms with E-state index in [9.17, 15) is 0 Å². The minimum Gasteiger partial charge on any atom is -0.497 e. The maximum absolute atomic E-state index is 5.64. The molecule has 0 fully saturated rings. The van der Waals surface area contributed by atoms with Crippen LogP contribution in [0.4, 0.5) is 5.69 Å². The maximum atomic E-state index is 5.64. The fourth-order valence-electron chi connectivity index (χ4n) is 2.13. The Kier molecular flexibility index (Phi) is 6.88.